The first-order chi connectivity index (χ1) is 19.2. The number of amides is 1. The number of fused-ring (bicyclic) bond motifs is 1. The molecule has 200 valence electrons. The van der Waals surface area contributed by atoms with Crippen molar-refractivity contribution in [2.45, 2.75) is 32.6 Å². The number of pyridine rings is 1. The highest BCUT2D eigenvalue weighted by Gasteiger charge is 2.21. The van der Waals surface area contributed by atoms with Crippen molar-refractivity contribution in [1.82, 2.24) is 34.5 Å². The van der Waals surface area contributed by atoms with Crippen LogP contribution < -0.4 is 5.32 Å². The van der Waals surface area contributed by atoms with Gasteiger partial charge in [0.1, 0.15) is 5.76 Å². The van der Waals surface area contributed by atoms with Crippen LogP contribution in [0.25, 0.3) is 39.0 Å². The van der Waals surface area contributed by atoms with Gasteiger partial charge in [-0.2, -0.15) is 10.2 Å². The quantitative estimate of drug-likeness (QED) is 0.308. The molecule has 0 saturated heterocycles. The van der Waals surface area contributed by atoms with E-state index in [0.29, 0.717) is 11.6 Å². The fraction of sp³-hybridized carbons (Fsp3) is 0.200. The number of carbonyl (C=O) groups excluding carboxylic acids is 1. The van der Waals surface area contributed by atoms with Crippen LogP contribution in [0.2, 0.25) is 0 Å². The van der Waals surface area contributed by atoms with E-state index in [1.165, 1.54) is 0 Å². The third-order valence-electron chi connectivity index (χ3n) is 6.64. The molecule has 1 amide bonds. The predicted molar refractivity (Wildman–Crippen MR) is 151 cm³/mol. The van der Waals surface area contributed by atoms with Gasteiger partial charge in [-0.05, 0) is 17.2 Å². The lowest BCUT2D eigenvalue weighted by Gasteiger charge is -2.12. The lowest BCUT2D eigenvalue weighted by molar-refractivity contribution is -0.115. The molecule has 0 aliphatic carbocycles. The number of anilines is 1. The highest BCUT2D eigenvalue weighted by Crippen LogP contribution is 2.35. The van der Waals surface area contributed by atoms with E-state index in [0.717, 1.165) is 44.6 Å². The van der Waals surface area contributed by atoms with Crippen LogP contribution in [0.1, 0.15) is 32.1 Å². The topological polar surface area (TPSA) is 116 Å². The summed E-state index contributed by atoms with van der Waals surface area (Å²) in [5.74, 6) is 0.972. The van der Waals surface area contributed by atoms with Gasteiger partial charge in [0.15, 0.2) is 5.82 Å². The predicted octanol–water partition coefficient (Wildman–Crippen LogP) is 5.33. The molecule has 0 bridgehead atoms. The number of nitrogens with one attached hydrogen (secondary N) is 1. The van der Waals surface area contributed by atoms with Gasteiger partial charge in [-0.3, -0.25) is 19.4 Å². The van der Waals surface area contributed by atoms with E-state index in [2.05, 4.69) is 36.7 Å². The summed E-state index contributed by atoms with van der Waals surface area (Å²) < 4.78 is 9.00. The Morgan fingerprint density at radius 1 is 0.925 bits per heavy atom. The summed E-state index contributed by atoms with van der Waals surface area (Å²) in [7, 11) is 1.89. The molecule has 1 N–H and O–H groups in total. The molecule has 5 aromatic heterocycles. The Bertz CT molecular complexity index is 1810. The molecule has 1 aromatic carbocycles. The zero-order chi connectivity index (χ0) is 27.9. The van der Waals surface area contributed by atoms with Gasteiger partial charge < -0.3 is 9.84 Å². The highest BCUT2D eigenvalue weighted by molar-refractivity contribution is 5.94. The van der Waals surface area contributed by atoms with Crippen molar-refractivity contribution in [3.63, 3.8) is 0 Å². The summed E-state index contributed by atoms with van der Waals surface area (Å²) in [4.78, 5) is 21.5. The Morgan fingerprint density at radius 3 is 2.42 bits per heavy atom. The van der Waals surface area contributed by atoms with Gasteiger partial charge in [-0.1, -0.05) is 50.2 Å². The fourth-order valence-corrected chi connectivity index (χ4v) is 4.56. The van der Waals surface area contributed by atoms with Crippen molar-refractivity contribution in [2.75, 3.05) is 5.32 Å². The molecule has 0 atom stereocenters. The van der Waals surface area contributed by atoms with E-state index >= 15 is 0 Å². The summed E-state index contributed by atoms with van der Waals surface area (Å²) in [6.45, 7) is 6.08. The summed E-state index contributed by atoms with van der Waals surface area (Å²) in [5.41, 5.74) is 7.15. The number of carbonyl (C=O) groups is 1. The van der Waals surface area contributed by atoms with E-state index in [4.69, 9.17) is 4.52 Å². The maximum Gasteiger partial charge on any atom is 0.230 e. The van der Waals surface area contributed by atoms with Gasteiger partial charge in [-0.15, -0.1) is 0 Å². The summed E-state index contributed by atoms with van der Waals surface area (Å²) in [6.07, 6.45) is 12.9. The minimum Gasteiger partial charge on any atom is -0.359 e. The van der Waals surface area contributed by atoms with Gasteiger partial charge in [0.25, 0.3) is 0 Å². The molecular weight excluding hydrogens is 504 g/mol. The third kappa shape index (κ3) is 4.98. The van der Waals surface area contributed by atoms with Crippen LogP contribution in [0, 0.1) is 0 Å². The molecule has 0 saturated carbocycles. The molecule has 10 heteroatoms. The van der Waals surface area contributed by atoms with Gasteiger partial charge in [0.05, 0.1) is 36.2 Å². The molecule has 0 unspecified atom stereocenters. The fourth-order valence-electron chi connectivity index (χ4n) is 4.56. The zero-order valence-corrected chi connectivity index (χ0v) is 22.7. The third-order valence-corrected chi connectivity index (χ3v) is 6.64. The SMILES string of the molecule is Cn1cc(-c2cc(-c3cnccn3)c3c(-c4ccc(CC(=O)Nc5cc(C(C)(C)C)on5)cc4)cnn3c2)cn1. The van der Waals surface area contributed by atoms with E-state index in [-0.39, 0.29) is 17.7 Å². The molecule has 10 nitrogen and oxygen atoms in total. The molecule has 40 heavy (non-hydrogen) atoms. The summed E-state index contributed by atoms with van der Waals surface area (Å²) in [5, 5.41) is 15.8. The maximum absolute atomic E-state index is 12.7. The average Bonchev–Trinajstić information content (AvgIpc) is 3.69. The van der Waals surface area contributed by atoms with E-state index in [9.17, 15) is 4.79 Å². The molecule has 0 aliphatic rings. The zero-order valence-electron chi connectivity index (χ0n) is 22.7. The minimum atomic E-state index is -0.183. The van der Waals surface area contributed by atoms with Crippen LogP contribution in [0.15, 0.2) is 84.3 Å². The molecule has 0 spiro atoms. The molecule has 6 aromatic rings. The molecule has 0 radical (unpaired) electrons. The average molecular weight is 533 g/mol. The standard InChI is InChI=1S/C30H28N8O2/c1-30(2,3)26-13-27(36-40-26)35-28(39)11-19-5-7-20(8-6-19)24-15-34-38-18-21(22-14-33-37(4)17-22)12-23(29(24)38)25-16-31-9-10-32-25/h5-10,12-18H,11H2,1-4H3,(H,35,36,39). The Hall–Kier alpha value is -5.12. The van der Waals surface area contributed by atoms with Crippen LogP contribution in [0.3, 0.4) is 0 Å². The van der Waals surface area contributed by atoms with E-state index in [1.54, 1.807) is 29.3 Å². The van der Waals surface area contributed by atoms with Crippen molar-refractivity contribution in [1.29, 1.82) is 0 Å². The van der Waals surface area contributed by atoms with Gasteiger partial charge in [0, 0.05) is 65.6 Å². The van der Waals surface area contributed by atoms with Crippen LogP contribution in [-0.2, 0) is 23.7 Å². The Balaban J connectivity index is 1.29. The lowest BCUT2D eigenvalue weighted by Crippen LogP contribution is -2.14. The molecule has 0 fully saturated rings. The first-order valence-electron chi connectivity index (χ1n) is 12.9. The van der Waals surface area contributed by atoms with Crippen LogP contribution in [0.4, 0.5) is 5.82 Å². The van der Waals surface area contributed by atoms with Crippen molar-refractivity contribution in [3.8, 4) is 33.5 Å². The van der Waals surface area contributed by atoms with Crippen molar-refractivity contribution < 1.29 is 9.32 Å². The molecule has 0 aliphatic heterocycles. The van der Waals surface area contributed by atoms with Gasteiger partial charge in [0.2, 0.25) is 5.91 Å². The second-order valence-corrected chi connectivity index (χ2v) is 10.7. The largest absolute Gasteiger partial charge is 0.359 e. The van der Waals surface area contributed by atoms with E-state index < -0.39 is 0 Å². The van der Waals surface area contributed by atoms with Crippen LogP contribution >= 0.6 is 0 Å². The monoisotopic (exact) mass is 532 g/mol. The van der Waals surface area contributed by atoms with Crippen LogP contribution in [-0.4, -0.2) is 40.4 Å². The number of benzene rings is 1. The second kappa shape index (κ2) is 9.88. The van der Waals surface area contributed by atoms with Gasteiger partial charge >= 0.3 is 0 Å². The van der Waals surface area contributed by atoms with Crippen LogP contribution in [0.5, 0.6) is 0 Å². The number of aryl methyl sites for hydroxylation is 1. The summed E-state index contributed by atoms with van der Waals surface area (Å²) in [6, 6.07) is 11.8. The Labute approximate surface area is 230 Å². The van der Waals surface area contributed by atoms with E-state index in [1.807, 2.05) is 81.4 Å². The molecule has 5 heterocycles. The van der Waals surface area contributed by atoms with Crippen molar-refractivity contribution >= 4 is 17.2 Å². The van der Waals surface area contributed by atoms with Crippen molar-refractivity contribution in [3.05, 3.63) is 91.1 Å². The first-order valence-corrected chi connectivity index (χ1v) is 12.9. The highest BCUT2D eigenvalue weighted by atomic mass is 16.5. The molecular formula is C30H28N8O2. The lowest BCUT2D eigenvalue weighted by atomic mass is 9.93. The minimum absolute atomic E-state index is 0.162. The number of rotatable bonds is 6. The van der Waals surface area contributed by atoms with Crippen molar-refractivity contribution in [2.24, 2.45) is 7.05 Å². The Morgan fingerprint density at radius 2 is 1.75 bits per heavy atom. The number of aromatic nitrogens is 7. The van der Waals surface area contributed by atoms with Gasteiger partial charge in [-0.25, -0.2) is 4.52 Å². The molecule has 6 rings (SSSR count). The smallest absolute Gasteiger partial charge is 0.230 e. The Kier molecular flexibility index (Phi) is 6.22. The summed E-state index contributed by atoms with van der Waals surface area (Å²) >= 11 is 0. The second-order valence-electron chi connectivity index (χ2n) is 10.7. The normalized spacial score (nSPS) is 11.7. The number of hydrogen-bond acceptors (Lipinski definition) is 7. The first kappa shape index (κ1) is 25.2. The maximum atomic E-state index is 12.7. The number of nitrogens with zero attached hydrogens (tertiary/aromatic N) is 7. The number of hydrogen-bond donors (Lipinski definition) is 1.